The van der Waals surface area contributed by atoms with Crippen molar-refractivity contribution in [3.63, 3.8) is 0 Å². The molecule has 0 radical (unpaired) electrons. The van der Waals surface area contributed by atoms with Gasteiger partial charge in [-0.2, -0.15) is 0 Å². The summed E-state index contributed by atoms with van der Waals surface area (Å²) < 4.78 is 9.97. The van der Waals surface area contributed by atoms with Crippen molar-refractivity contribution in [3.8, 4) is 17.0 Å². The minimum Gasteiger partial charge on any atom is -0.497 e. The molecule has 0 N–H and O–H groups in total. The van der Waals surface area contributed by atoms with E-state index in [-0.39, 0.29) is 11.3 Å². The third-order valence-corrected chi connectivity index (χ3v) is 3.78. The minimum absolute atomic E-state index is 0.0673. The monoisotopic (exact) mass is 338 g/mol. The number of nitro groups is 1. The number of nitro benzene ring substituents is 1. The summed E-state index contributed by atoms with van der Waals surface area (Å²) in [6.45, 7) is 0. The number of benzene rings is 2. The number of fused-ring (bicyclic) bond motifs is 1. The van der Waals surface area contributed by atoms with Crippen LogP contribution in [0, 0.1) is 10.1 Å². The maximum atomic E-state index is 12.2. The van der Waals surface area contributed by atoms with Crippen molar-refractivity contribution < 1.29 is 19.2 Å². The average molecular weight is 338 g/mol. The van der Waals surface area contributed by atoms with Gasteiger partial charge < -0.3 is 9.47 Å². The summed E-state index contributed by atoms with van der Waals surface area (Å²) in [7, 11) is 2.84. The number of pyridine rings is 1. The molecule has 0 saturated carbocycles. The van der Waals surface area contributed by atoms with Gasteiger partial charge in [0.2, 0.25) is 0 Å². The van der Waals surface area contributed by atoms with Gasteiger partial charge in [-0.1, -0.05) is 0 Å². The van der Waals surface area contributed by atoms with Crippen LogP contribution in [0.25, 0.3) is 22.2 Å². The molecule has 0 aliphatic rings. The number of ether oxygens (including phenoxy) is 2. The van der Waals surface area contributed by atoms with E-state index in [1.54, 1.807) is 43.5 Å². The number of hydrogen-bond acceptors (Lipinski definition) is 6. The van der Waals surface area contributed by atoms with Crippen LogP contribution in [0.1, 0.15) is 10.4 Å². The number of rotatable bonds is 4. The van der Waals surface area contributed by atoms with Crippen LogP contribution in [-0.2, 0) is 4.74 Å². The molecule has 126 valence electrons. The number of methoxy groups -OCH3 is 2. The largest absolute Gasteiger partial charge is 0.497 e. The van der Waals surface area contributed by atoms with Gasteiger partial charge in [0, 0.05) is 23.1 Å². The highest BCUT2D eigenvalue weighted by Gasteiger charge is 2.18. The van der Waals surface area contributed by atoms with Crippen molar-refractivity contribution in [2.75, 3.05) is 14.2 Å². The Morgan fingerprint density at radius 2 is 1.80 bits per heavy atom. The Bertz CT molecular complexity index is 967. The van der Waals surface area contributed by atoms with Gasteiger partial charge in [0.25, 0.3) is 5.69 Å². The van der Waals surface area contributed by atoms with Gasteiger partial charge in [-0.15, -0.1) is 0 Å². The van der Waals surface area contributed by atoms with Crippen molar-refractivity contribution >= 4 is 22.6 Å². The van der Waals surface area contributed by atoms with Crippen LogP contribution < -0.4 is 4.74 Å². The van der Waals surface area contributed by atoms with Gasteiger partial charge in [0.1, 0.15) is 5.75 Å². The van der Waals surface area contributed by atoms with E-state index < -0.39 is 10.9 Å². The summed E-state index contributed by atoms with van der Waals surface area (Å²) >= 11 is 0. The lowest BCUT2D eigenvalue weighted by atomic mass is 10.0. The SMILES string of the molecule is COC(=O)c1cc2cc([N+](=O)[O-])ccc2nc1-c1ccc(OC)cc1. The lowest BCUT2D eigenvalue weighted by Crippen LogP contribution is -2.05. The molecule has 7 nitrogen and oxygen atoms in total. The number of nitrogens with zero attached hydrogens (tertiary/aromatic N) is 2. The first-order valence-electron chi connectivity index (χ1n) is 7.35. The number of esters is 1. The fourth-order valence-corrected chi connectivity index (χ4v) is 2.51. The topological polar surface area (TPSA) is 91.6 Å². The molecule has 3 aromatic rings. The van der Waals surface area contributed by atoms with Gasteiger partial charge in [0.05, 0.1) is 35.9 Å². The molecule has 0 aliphatic carbocycles. The molecule has 0 unspecified atom stereocenters. The van der Waals surface area contributed by atoms with Crippen LogP contribution >= 0.6 is 0 Å². The second kappa shape index (κ2) is 6.56. The molecule has 0 fully saturated rings. The second-order valence-electron chi connectivity index (χ2n) is 5.24. The maximum absolute atomic E-state index is 12.2. The molecule has 0 spiro atoms. The van der Waals surface area contributed by atoms with Gasteiger partial charge in [0.15, 0.2) is 0 Å². The highest BCUT2D eigenvalue weighted by molar-refractivity contribution is 6.00. The second-order valence-corrected chi connectivity index (χ2v) is 5.24. The van der Waals surface area contributed by atoms with Crippen LogP contribution in [0.4, 0.5) is 5.69 Å². The Morgan fingerprint density at radius 3 is 2.40 bits per heavy atom. The van der Waals surface area contributed by atoms with Crippen molar-refractivity contribution in [1.29, 1.82) is 0 Å². The summed E-state index contributed by atoms with van der Waals surface area (Å²) in [6, 6.07) is 13.0. The third kappa shape index (κ3) is 3.12. The molecule has 2 aromatic carbocycles. The third-order valence-electron chi connectivity index (χ3n) is 3.78. The Balaban J connectivity index is 2.22. The lowest BCUT2D eigenvalue weighted by Gasteiger charge is -2.10. The van der Waals surface area contributed by atoms with E-state index in [9.17, 15) is 14.9 Å². The van der Waals surface area contributed by atoms with Crippen LogP contribution in [0.2, 0.25) is 0 Å². The van der Waals surface area contributed by atoms with Gasteiger partial charge in [-0.3, -0.25) is 10.1 Å². The van der Waals surface area contributed by atoms with E-state index in [1.807, 2.05) is 0 Å². The molecule has 0 aliphatic heterocycles. The molecule has 1 heterocycles. The molecule has 7 heteroatoms. The highest BCUT2D eigenvalue weighted by Crippen LogP contribution is 2.29. The first kappa shape index (κ1) is 16.4. The fraction of sp³-hybridized carbons (Fsp3) is 0.111. The first-order chi connectivity index (χ1) is 12.0. The molecule has 0 bridgehead atoms. The van der Waals surface area contributed by atoms with E-state index in [0.717, 1.165) is 0 Å². The predicted molar refractivity (Wildman–Crippen MR) is 91.7 cm³/mol. The molecular formula is C18H14N2O5. The summed E-state index contributed by atoms with van der Waals surface area (Å²) in [5, 5.41) is 11.4. The van der Waals surface area contributed by atoms with Gasteiger partial charge in [-0.05, 0) is 36.4 Å². The van der Waals surface area contributed by atoms with Crippen molar-refractivity contribution in [2.24, 2.45) is 0 Å². The smallest absolute Gasteiger partial charge is 0.340 e. The summed E-state index contributed by atoms with van der Waals surface area (Å²) in [6.07, 6.45) is 0. The van der Waals surface area contributed by atoms with E-state index in [2.05, 4.69) is 4.98 Å². The van der Waals surface area contributed by atoms with Crippen molar-refractivity contribution in [1.82, 2.24) is 4.98 Å². The molecule has 0 saturated heterocycles. The zero-order valence-electron chi connectivity index (χ0n) is 13.6. The number of carbonyl (C=O) groups excluding carboxylic acids is 1. The number of non-ortho nitro benzene ring substituents is 1. The number of hydrogen-bond donors (Lipinski definition) is 0. The van der Waals surface area contributed by atoms with Gasteiger partial charge >= 0.3 is 5.97 Å². The van der Waals surface area contributed by atoms with Gasteiger partial charge in [-0.25, -0.2) is 9.78 Å². The zero-order chi connectivity index (χ0) is 18.0. The summed E-state index contributed by atoms with van der Waals surface area (Å²) in [5.74, 6) is 0.117. The Labute approximate surface area is 143 Å². The number of aromatic nitrogens is 1. The maximum Gasteiger partial charge on any atom is 0.340 e. The lowest BCUT2D eigenvalue weighted by molar-refractivity contribution is -0.384. The summed E-state index contributed by atoms with van der Waals surface area (Å²) in [5.41, 5.74) is 1.87. The van der Waals surface area contributed by atoms with E-state index >= 15 is 0 Å². The minimum atomic E-state index is -0.563. The van der Waals surface area contributed by atoms with Crippen molar-refractivity contribution in [2.45, 2.75) is 0 Å². The Hall–Kier alpha value is -3.48. The van der Waals surface area contributed by atoms with Crippen LogP contribution in [0.5, 0.6) is 5.75 Å². The average Bonchev–Trinajstić information content (AvgIpc) is 2.65. The molecule has 0 amide bonds. The van der Waals surface area contributed by atoms with Crippen LogP contribution in [0.15, 0.2) is 48.5 Å². The van der Waals surface area contributed by atoms with Crippen molar-refractivity contribution in [3.05, 3.63) is 64.2 Å². The summed E-state index contributed by atoms with van der Waals surface area (Å²) in [4.78, 5) is 27.1. The quantitative estimate of drug-likeness (QED) is 0.410. The molecule has 3 rings (SSSR count). The Kier molecular flexibility index (Phi) is 4.30. The van der Waals surface area contributed by atoms with Crippen LogP contribution in [0.3, 0.4) is 0 Å². The molecule has 0 atom stereocenters. The molecule has 1 aromatic heterocycles. The number of carbonyl (C=O) groups is 1. The normalized spacial score (nSPS) is 10.5. The zero-order valence-corrected chi connectivity index (χ0v) is 13.6. The standard InChI is InChI=1S/C18H14N2O5/c1-24-14-6-3-11(4-7-14)17-15(18(21)25-2)10-12-9-13(20(22)23)5-8-16(12)19-17/h3-10H,1-2H3. The van der Waals surface area contributed by atoms with E-state index in [4.69, 9.17) is 9.47 Å². The fourth-order valence-electron chi connectivity index (χ4n) is 2.51. The van der Waals surface area contributed by atoms with E-state index in [0.29, 0.717) is 27.9 Å². The van der Waals surface area contributed by atoms with Crippen LogP contribution in [-0.4, -0.2) is 30.1 Å². The predicted octanol–water partition coefficient (Wildman–Crippen LogP) is 3.61. The van der Waals surface area contributed by atoms with E-state index in [1.165, 1.54) is 19.2 Å². The highest BCUT2D eigenvalue weighted by atomic mass is 16.6. The molecule has 25 heavy (non-hydrogen) atoms. The Morgan fingerprint density at radius 1 is 1.08 bits per heavy atom. The molecular weight excluding hydrogens is 324 g/mol. The first-order valence-corrected chi connectivity index (χ1v) is 7.35.